The van der Waals surface area contributed by atoms with Crippen molar-refractivity contribution in [3.05, 3.63) is 29.3 Å². The molecule has 0 aliphatic carbocycles. The van der Waals surface area contributed by atoms with Crippen molar-refractivity contribution in [1.82, 2.24) is 0 Å². The van der Waals surface area contributed by atoms with Crippen LogP contribution in [0.25, 0.3) is 0 Å². The molecule has 0 aromatic heterocycles. The molecule has 1 aromatic rings. The van der Waals surface area contributed by atoms with E-state index in [2.05, 4.69) is 38.0 Å². The van der Waals surface area contributed by atoms with Crippen molar-refractivity contribution in [2.45, 2.75) is 26.7 Å². The van der Waals surface area contributed by atoms with Gasteiger partial charge in [-0.1, -0.05) is 31.7 Å². The van der Waals surface area contributed by atoms with Crippen molar-refractivity contribution >= 4 is 16.9 Å². The summed E-state index contributed by atoms with van der Waals surface area (Å²) in [5.74, 6) is 7.19. The SMILES string of the molecule is Cc1cc(OCCSC(N)=NN)ccc1C(C)C. The number of hydrazone groups is 1. The van der Waals surface area contributed by atoms with Gasteiger partial charge in [-0.3, -0.25) is 0 Å². The zero-order valence-corrected chi connectivity index (χ0v) is 12.0. The van der Waals surface area contributed by atoms with Gasteiger partial charge in [0.2, 0.25) is 0 Å². The highest BCUT2D eigenvalue weighted by Gasteiger charge is 2.04. The molecule has 0 aliphatic heterocycles. The van der Waals surface area contributed by atoms with Gasteiger partial charge in [0, 0.05) is 5.75 Å². The van der Waals surface area contributed by atoms with Crippen molar-refractivity contribution in [3.8, 4) is 5.75 Å². The number of nitrogens with zero attached hydrogens (tertiary/aromatic N) is 1. The van der Waals surface area contributed by atoms with Crippen LogP contribution >= 0.6 is 11.8 Å². The van der Waals surface area contributed by atoms with Gasteiger partial charge in [0.25, 0.3) is 0 Å². The first-order chi connectivity index (χ1) is 8.54. The van der Waals surface area contributed by atoms with E-state index in [4.69, 9.17) is 16.3 Å². The van der Waals surface area contributed by atoms with Crippen molar-refractivity contribution in [1.29, 1.82) is 0 Å². The second-order valence-electron chi connectivity index (χ2n) is 4.34. The lowest BCUT2D eigenvalue weighted by Crippen LogP contribution is -2.12. The van der Waals surface area contributed by atoms with Gasteiger partial charge in [0.15, 0.2) is 5.17 Å². The predicted octanol–water partition coefficient (Wildman–Crippen LogP) is 2.42. The summed E-state index contributed by atoms with van der Waals surface area (Å²) in [6.45, 7) is 7.07. The molecule has 1 aromatic carbocycles. The van der Waals surface area contributed by atoms with E-state index < -0.39 is 0 Å². The lowest BCUT2D eigenvalue weighted by Gasteiger charge is -2.12. The van der Waals surface area contributed by atoms with Gasteiger partial charge < -0.3 is 16.3 Å². The lowest BCUT2D eigenvalue weighted by molar-refractivity contribution is 0.344. The van der Waals surface area contributed by atoms with Crippen LogP contribution < -0.4 is 16.3 Å². The largest absolute Gasteiger partial charge is 0.493 e. The summed E-state index contributed by atoms with van der Waals surface area (Å²) in [6, 6.07) is 6.20. The molecule has 100 valence electrons. The highest BCUT2D eigenvalue weighted by Crippen LogP contribution is 2.23. The molecule has 0 aliphatic rings. The molecule has 0 heterocycles. The van der Waals surface area contributed by atoms with Gasteiger partial charge in [-0.15, -0.1) is 0 Å². The lowest BCUT2D eigenvalue weighted by atomic mass is 9.98. The van der Waals surface area contributed by atoms with E-state index >= 15 is 0 Å². The average molecular weight is 267 g/mol. The number of amidine groups is 1. The zero-order valence-electron chi connectivity index (χ0n) is 11.1. The Bertz CT molecular complexity index is 419. The molecule has 0 saturated heterocycles. The van der Waals surface area contributed by atoms with Gasteiger partial charge >= 0.3 is 0 Å². The van der Waals surface area contributed by atoms with E-state index in [9.17, 15) is 0 Å². The maximum absolute atomic E-state index is 5.64. The molecule has 4 N–H and O–H groups in total. The molecule has 0 bridgehead atoms. The number of aryl methyl sites for hydroxylation is 1. The molecule has 0 amide bonds. The molecule has 0 saturated carbocycles. The minimum absolute atomic E-state index is 0.380. The number of hydrogen-bond donors (Lipinski definition) is 2. The fraction of sp³-hybridized carbons (Fsp3) is 0.462. The van der Waals surface area contributed by atoms with Crippen LogP contribution in [0.15, 0.2) is 23.3 Å². The second-order valence-corrected chi connectivity index (χ2v) is 5.45. The summed E-state index contributed by atoms with van der Waals surface area (Å²) in [4.78, 5) is 0. The first kappa shape index (κ1) is 14.7. The monoisotopic (exact) mass is 267 g/mol. The van der Waals surface area contributed by atoms with Crippen molar-refractivity contribution in [3.63, 3.8) is 0 Å². The smallest absolute Gasteiger partial charge is 0.177 e. The molecular weight excluding hydrogens is 246 g/mol. The molecule has 18 heavy (non-hydrogen) atoms. The Morgan fingerprint density at radius 3 is 2.72 bits per heavy atom. The van der Waals surface area contributed by atoms with Crippen molar-refractivity contribution in [2.75, 3.05) is 12.4 Å². The third-order valence-corrected chi connectivity index (χ3v) is 3.36. The Balaban J connectivity index is 2.46. The summed E-state index contributed by atoms with van der Waals surface area (Å²) in [5.41, 5.74) is 8.08. The maximum atomic E-state index is 5.64. The number of nitrogens with two attached hydrogens (primary N) is 2. The van der Waals surface area contributed by atoms with Crippen LogP contribution in [0.3, 0.4) is 0 Å². The first-order valence-electron chi connectivity index (χ1n) is 5.94. The number of thioether (sulfide) groups is 1. The van der Waals surface area contributed by atoms with Gasteiger partial charge in [0.05, 0.1) is 6.61 Å². The Kier molecular flexibility index (Phi) is 5.85. The second kappa shape index (κ2) is 7.16. The Hall–Kier alpha value is -1.36. The van der Waals surface area contributed by atoms with E-state index in [1.165, 1.54) is 22.9 Å². The van der Waals surface area contributed by atoms with E-state index in [1.54, 1.807) is 0 Å². The Morgan fingerprint density at radius 1 is 1.44 bits per heavy atom. The summed E-state index contributed by atoms with van der Waals surface area (Å²) in [5, 5.41) is 3.76. The zero-order chi connectivity index (χ0) is 13.5. The molecule has 0 unspecified atom stereocenters. The fourth-order valence-electron chi connectivity index (χ4n) is 1.73. The molecule has 1 rings (SSSR count). The van der Waals surface area contributed by atoms with Gasteiger partial charge in [-0.25, -0.2) is 0 Å². The molecule has 0 atom stereocenters. The van der Waals surface area contributed by atoms with E-state index in [-0.39, 0.29) is 0 Å². The van der Waals surface area contributed by atoms with Crippen LogP contribution in [0, 0.1) is 6.92 Å². The van der Waals surface area contributed by atoms with Crippen LogP contribution in [-0.2, 0) is 0 Å². The summed E-state index contributed by atoms with van der Waals surface area (Å²) < 4.78 is 5.64. The number of benzene rings is 1. The van der Waals surface area contributed by atoms with Gasteiger partial charge in [0.1, 0.15) is 5.75 Å². The van der Waals surface area contributed by atoms with Crippen LogP contribution in [0.1, 0.15) is 30.9 Å². The molecular formula is C13H21N3OS. The standard InChI is InChI=1S/C13H21N3OS/c1-9(2)12-5-4-11(8-10(12)3)17-6-7-18-13(14)16-15/h4-5,8-9H,6-7,15H2,1-3H3,(H2,14,16). The molecule has 0 fully saturated rings. The topological polar surface area (TPSA) is 73.6 Å². The third-order valence-electron chi connectivity index (χ3n) is 2.59. The quantitative estimate of drug-likeness (QED) is 0.282. The number of hydrogen-bond acceptors (Lipinski definition) is 4. The maximum Gasteiger partial charge on any atom is 0.177 e. The van der Waals surface area contributed by atoms with Gasteiger partial charge in [-0.2, -0.15) is 5.10 Å². The first-order valence-corrected chi connectivity index (χ1v) is 6.92. The normalized spacial score (nSPS) is 11.9. The molecule has 5 heteroatoms. The van der Waals surface area contributed by atoms with E-state index in [0.29, 0.717) is 17.7 Å². The van der Waals surface area contributed by atoms with Crippen molar-refractivity contribution in [2.24, 2.45) is 16.7 Å². The van der Waals surface area contributed by atoms with E-state index in [0.717, 1.165) is 11.5 Å². The molecule has 0 spiro atoms. The predicted molar refractivity (Wildman–Crippen MR) is 79.0 cm³/mol. The van der Waals surface area contributed by atoms with Crippen molar-refractivity contribution < 1.29 is 4.74 Å². The Labute approximate surface area is 113 Å². The van der Waals surface area contributed by atoms with E-state index in [1.807, 2.05) is 6.07 Å². The summed E-state index contributed by atoms with van der Waals surface area (Å²) in [6.07, 6.45) is 0. The molecule has 4 nitrogen and oxygen atoms in total. The minimum atomic E-state index is 0.380. The molecule has 0 radical (unpaired) electrons. The summed E-state index contributed by atoms with van der Waals surface area (Å²) in [7, 11) is 0. The highest BCUT2D eigenvalue weighted by molar-refractivity contribution is 8.13. The minimum Gasteiger partial charge on any atom is -0.493 e. The third kappa shape index (κ3) is 4.49. The van der Waals surface area contributed by atoms with Gasteiger partial charge in [-0.05, 0) is 36.1 Å². The summed E-state index contributed by atoms with van der Waals surface area (Å²) >= 11 is 1.39. The Morgan fingerprint density at radius 2 is 2.17 bits per heavy atom. The van der Waals surface area contributed by atoms with Crippen LogP contribution in [0.2, 0.25) is 0 Å². The van der Waals surface area contributed by atoms with Crippen LogP contribution in [-0.4, -0.2) is 17.5 Å². The van der Waals surface area contributed by atoms with Crippen LogP contribution in [0.5, 0.6) is 5.75 Å². The average Bonchev–Trinajstić information content (AvgIpc) is 2.34. The van der Waals surface area contributed by atoms with Crippen LogP contribution in [0.4, 0.5) is 0 Å². The highest BCUT2D eigenvalue weighted by atomic mass is 32.2. The number of ether oxygens (including phenoxy) is 1. The fourth-order valence-corrected chi connectivity index (χ4v) is 2.18. The number of rotatable bonds is 5.